The second kappa shape index (κ2) is 15.8. The lowest BCUT2D eigenvalue weighted by Gasteiger charge is -2.35. The number of nitrogens with zero attached hydrogens (tertiary/aromatic N) is 2. The van der Waals surface area contributed by atoms with Crippen LogP contribution in [0.3, 0.4) is 0 Å². The third kappa shape index (κ3) is 6.26. The Bertz CT molecular complexity index is 3810. The number of rotatable bonds is 8. The average molecular weight is 853 g/mol. The maximum atomic E-state index is 2.48. The summed E-state index contributed by atoms with van der Waals surface area (Å²) < 4.78 is 2.44. The van der Waals surface area contributed by atoms with Crippen molar-refractivity contribution in [3.05, 3.63) is 289 Å². The highest BCUT2D eigenvalue weighted by Crippen LogP contribution is 2.57. The zero-order chi connectivity index (χ0) is 44.3. The predicted octanol–water partition coefficient (Wildman–Crippen LogP) is 17.1. The van der Waals surface area contributed by atoms with Crippen LogP contribution in [0, 0.1) is 0 Å². The van der Waals surface area contributed by atoms with Gasteiger partial charge in [-0.3, -0.25) is 0 Å². The standard InChI is InChI=1S/C65H44N2/c1-4-18-45(19-5-1)48-24-16-28-52(40-48)65(51-26-8-3-9-27-51)61-32-14-12-30-57(61)58-38-36-55(43-62(58)65)66(54-35-34-47-22-10-11-23-49(47)42-54)56-37-39-60-59-31-13-15-33-63(59)67(64(60)44-56)53-29-17-25-50(41-53)46-20-6-2-7-21-46/h1-44H. The van der Waals surface area contributed by atoms with E-state index >= 15 is 0 Å². The molecule has 11 aromatic carbocycles. The Kier molecular flexibility index (Phi) is 9.11. The fourth-order valence-corrected chi connectivity index (χ4v) is 11.0. The lowest BCUT2D eigenvalue weighted by molar-refractivity contribution is 0.769. The van der Waals surface area contributed by atoms with Crippen molar-refractivity contribution in [3.63, 3.8) is 0 Å². The van der Waals surface area contributed by atoms with E-state index in [4.69, 9.17) is 0 Å². The van der Waals surface area contributed by atoms with Crippen LogP contribution >= 0.6 is 0 Å². The number of para-hydroxylation sites is 1. The molecule has 314 valence electrons. The van der Waals surface area contributed by atoms with Crippen LogP contribution in [0.5, 0.6) is 0 Å². The first-order valence-electron chi connectivity index (χ1n) is 23.2. The SMILES string of the molecule is c1ccc(-c2cccc(-n3c4ccccc4c4ccc(N(c5ccc6c(c5)C(c5ccccc5)(c5cccc(-c7ccccc7)c5)c5ccccc5-6)c5ccc6ccccc6c5)cc43)c2)cc1. The second-order valence-corrected chi connectivity index (χ2v) is 17.7. The largest absolute Gasteiger partial charge is 0.310 e. The van der Waals surface area contributed by atoms with Crippen LogP contribution in [0.2, 0.25) is 0 Å². The molecule has 2 nitrogen and oxygen atoms in total. The molecule has 67 heavy (non-hydrogen) atoms. The van der Waals surface area contributed by atoms with Crippen LogP contribution in [-0.4, -0.2) is 4.57 Å². The molecule has 0 N–H and O–H groups in total. The number of benzene rings is 11. The van der Waals surface area contributed by atoms with Gasteiger partial charge in [0.2, 0.25) is 0 Å². The molecule has 1 unspecified atom stereocenters. The van der Waals surface area contributed by atoms with Crippen LogP contribution in [-0.2, 0) is 5.41 Å². The first-order chi connectivity index (χ1) is 33.2. The monoisotopic (exact) mass is 852 g/mol. The zero-order valence-electron chi connectivity index (χ0n) is 36.8. The van der Waals surface area contributed by atoms with Gasteiger partial charge in [-0.05, 0) is 127 Å². The number of anilines is 3. The summed E-state index contributed by atoms with van der Waals surface area (Å²) in [6, 6.07) is 98.3. The van der Waals surface area contributed by atoms with Crippen molar-refractivity contribution in [2.75, 3.05) is 4.90 Å². The van der Waals surface area contributed by atoms with Crippen LogP contribution in [0.15, 0.2) is 267 Å². The van der Waals surface area contributed by atoms with Gasteiger partial charge >= 0.3 is 0 Å². The Labute approximate surface area is 390 Å². The molecule has 1 heterocycles. The number of hydrogen-bond acceptors (Lipinski definition) is 1. The van der Waals surface area contributed by atoms with Crippen molar-refractivity contribution >= 4 is 49.6 Å². The van der Waals surface area contributed by atoms with Gasteiger partial charge < -0.3 is 9.47 Å². The Hall–Kier alpha value is -8.72. The molecule has 0 aliphatic heterocycles. The molecule has 0 amide bonds. The van der Waals surface area contributed by atoms with E-state index in [9.17, 15) is 0 Å². The summed E-state index contributed by atoms with van der Waals surface area (Å²) in [7, 11) is 0. The maximum absolute atomic E-state index is 2.48. The normalized spacial score (nSPS) is 14.0. The number of aromatic nitrogens is 1. The topological polar surface area (TPSA) is 8.17 Å². The molecule has 0 bridgehead atoms. The van der Waals surface area contributed by atoms with E-state index in [1.54, 1.807) is 0 Å². The molecule has 0 spiro atoms. The third-order valence-corrected chi connectivity index (χ3v) is 14.0. The molecule has 0 saturated carbocycles. The molecule has 2 heteroatoms. The molecule has 12 aromatic rings. The summed E-state index contributed by atoms with van der Waals surface area (Å²) in [5.74, 6) is 0. The van der Waals surface area contributed by atoms with E-state index in [-0.39, 0.29) is 0 Å². The molecule has 1 atom stereocenters. The first kappa shape index (κ1) is 38.7. The van der Waals surface area contributed by atoms with Gasteiger partial charge in [0.25, 0.3) is 0 Å². The van der Waals surface area contributed by atoms with Crippen molar-refractivity contribution < 1.29 is 0 Å². The highest BCUT2D eigenvalue weighted by molar-refractivity contribution is 6.10. The van der Waals surface area contributed by atoms with Crippen LogP contribution in [0.4, 0.5) is 17.1 Å². The Morgan fingerprint density at radius 3 is 1.66 bits per heavy atom. The van der Waals surface area contributed by atoms with E-state index in [0.29, 0.717) is 0 Å². The molecular formula is C65H44N2. The highest BCUT2D eigenvalue weighted by Gasteiger charge is 2.46. The van der Waals surface area contributed by atoms with E-state index < -0.39 is 5.41 Å². The molecule has 0 saturated heterocycles. The molecule has 1 aromatic heterocycles. The van der Waals surface area contributed by atoms with Crippen molar-refractivity contribution in [3.8, 4) is 39.1 Å². The van der Waals surface area contributed by atoms with Crippen LogP contribution in [0.25, 0.3) is 71.6 Å². The summed E-state index contributed by atoms with van der Waals surface area (Å²) in [6.07, 6.45) is 0. The van der Waals surface area contributed by atoms with Crippen molar-refractivity contribution in [2.45, 2.75) is 5.41 Å². The van der Waals surface area contributed by atoms with Gasteiger partial charge in [-0.2, -0.15) is 0 Å². The molecule has 0 radical (unpaired) electrons. The third-order valence-electron chi connectivity index (χ3n) is 14.0. The lowest BCUT2D eigenvalue weighted by atomic mass is 9.67. The average Bonchev–Trinajstić information content (AvgIpc) is 3.90. The Morgan fingerprint density at radius 1 is 0.299 bits per heavy atom. The predicted molar refractivity (Wildman–Crippen MR) is 281 cm³/mol. The quantitative estimate of drug-likeness (QED) is 0.148. The fraction of sp³-hybridized carbons (Fsp3) is 0.0154. The summed E-state index contributed by atoms with van der Waals surface area (Å²) >= 11 is 0. The lowest BCUT2D eigenvalue weighted by Crippen LogP contribution is -2.29. The van der Waals surface area contributed by atoms with Gasteiger partial charge in [-0.1, -0.05) is 206 Å². The Morgan fingerprint density at radius 2 is 0.851 bits per heavy atom. The molecule has 1 aliphatic carbocycles. The van der Waals surface area contributed by atoms with Gasteiger partial charge in [-0.25, -0.2) is 0 Å². The van der Waals surface area contributed by atoms with Crippen molar-refractivity contribution in [1.82, 2.24) is 4.57 Å². The summed E-state index contributed by atoms with van der Waals surface area (Å²) in [6.45, 7) is 0. The smallest absolute Gasteiger partial charge is 0.0714 e. The van der Waals surface area contributed by atoms with Crippen LogP contribution < -0.4 is 4.90 Å². The molecule has 0 fully saturated rings. The maximum Gasteiger partial charge on any atom is 0.0714 e. The van der Waals surface area contributed by atoms with Gasteiger partial charge in [-0.15, -0.1) is 0 Å². The van der Waals surface area contributed by atoms with E-state index in [2.05, 4.69) is 276 Å². The number of hydrogen-bond donors (Lipinski definition) is 0. The summed E-state index contributed by atoms with van der Waals surface area (Å²) in [5, 5.41) is 4.86. The van der Waals surface area contributed by atoms with E-state index in [0.717, 1.165) is 28.3 Å². The zero-order valence-corrected chi connectivity index (χ0v) is 36.8. The first-order valence-corrected chi connectivity index (χ1v) is 23.2. The minimum atomic E-state index is -0.594. The van der Waals surface area contributed by atoms with Gasteiger partial charge in [0.15, 0.2) is 0 Å². The van der Waals surface area contributed by atoms with Crippen LogP contribution in [0.1, 0.15) is 22.3 Å². The number of fused-ring (bicyclic) bond motifs is 7. The minimum Gasteiger partial charge on any atom is -0.310 e. The molecule has 13 rings (SSSR count). The van der Waals surface area contributed by atoms with Crippen molar-refractivity contribution in [2.24, 2.45) is 0 Å². The van der Waals surface area contributed by atoms with Gasteiger partial charge in [0.05, 0.1) is 16.4 Å². The minimum absolute atomic E-state index is 0.594. The van der Waals surface area contributed by atoms with E-state index in [1.807, 2.05) is 0 Å². The fourth-order valence-electron chi connectivity index (χ4n) is 11.0. The second-order valence-electron chi connectivity index (χ2n) is 17.7. The van der Waals surface area contributed by atoms with Gasteiger partial charge in [0, 0.05) is 33.5 Å². The molecular weight excluding hydrogens is 809 g/mol. The Balaban J connectivity index is 1.07. The summed E-state index contributed by atoms with van der Waals surface area (Å²) in [4.78, 5) is 2.47. The van der Waals surface area contributed by atoms with Gasteiger partial charge in [0.1, 0.15) is 0 Å². The highest BCUT2D eigenvalue weighted by atomic mass is 15.1. The summed E-state index contributed by atoms with van der Waals surface area (Å²) in [5.41, 5.74) is 18.5. The molecule has 1 aliphatic rings. The van der Waals surface area contributed by atoms with E-state index in [1.165, 1.54) is 82.7 Å². The van der Waals surface area contributed by atoms with Crippen molar-refractivity contribution in [1.29, 1.82) is 0 Å².